The molecule has 0 radical (unpaired) electrons. The highest BCUT2D eigenvalue weighted by Gasteiger charge is 2.43. The number of ether oxygens (including phenoxy) is 2. The third kappa shape index (κ3) is 2.74. The lowest BCUT2D eigenvalue weighted by molar-refractivity contribution is -0.155. The van der Waals surface area contributed by atoms with Crippen LogP contribution in [0, 0.1) is 0 Å². The predicted molar refractivity (Wildman–Crippen MR) is 62.8 cm³/mol. The number of carbonyl (C=O) groups is 3. The Balaban J connectivity index is 3.17. The molecular formula is C13H14O5. The molecule has 1 aromatic carbocycles. The lowest BCUT2D eigenvalue weighted by Crippen LogP contribution is -2.43. The summed E-state index contributed by atoms with van der Waals surface area (Å²) < 4.78 is 9.48. The Morgan fingerprint density at radius 3 is 2.44 bits per heavy atom. The molecule has 0 N–H and O–H groups in total. The minimum absolute atomic E-state index is 0.141. The number of carbonyl (C=O) groups excluding carboxylic acids is 3. The fourth-order valence-corrected chi connectivity index (χ4v) is 1.57. The average Bonchev–Trinajstić information content (AvgIpc) is 2.42. The van der Waals surface area contributed by atoms with Crippen molar-refractivity contribution in [3.8, 4) is 0 Å². The summed E-state index contributed by atoms with van der Waals surface area (Å²) in [5.74, 6) is -0.729. The molecule has 0 aliphatic carbocycles. The Hall–Kier alpha value is -2.17. The zero-order chi connectivity index (χ0) is 13.4. The number of aldehydes is 1. The first-order chi connectivity index (χ1) is 8.71. The van der Waals surface area contributed by atoms with E-state index in [2.05, 4.69) is 4.74 Å². The van der Waals surface area contributed by atoms with Gasteiger partial charge in [0.2, 0.25) is 0 Å². The molecule has 0 bridgehead atoms. The minimum atomic E-state index is -1.60. The molecule has 5 heteroatoms. The average molecular weight is 250 g/mol. The van der Waals surface area contributed by atoms with Gasteiger partial charge >= 0.3 is 5.97 Å². The van der Waals surface area contributed by atoms with Gasteiger partial charge in [-0.1, -0.05) is 30.3 Å². The Labute approximate surface area is 105 Å². The first-order valence-electron chi connectivity index (χ1n) is 5.45. The van der Waals surface area contributed by atoms with Crippen molar-refractivity contribution in [2.45, 2.75) is 12.3 Å². The van der Waals surface area contributed by atoms with E-state index in [0.29, 0.717) is 11.8 Å². The summed E-state index contributed by atoms with van der Waals surface area (Å²) in [6, 6.07) is 8.35. The Morgan fingerprint density at radius 1 is 1.28 bits per heavy atom. The normalized spacial score (nSPS) is 13.2. The summed E-state index contributed by atoms with van der Waals surface area (Å²) in [6.07, 6.45) is 0.448. The fourth-order valence-electron chi connectivity index (χ4n) is 1.57. The van der Waals surface area contributed by atoms with Crippen molar-refractivity contribution in [1.29, 1.82) is 0 Å². The molecule has 0 fully saturated rings. The van der Waals surface area contributed by atoms with Gasteiger partial charge in [0.1, 0.15) is 12.9 Å². The van der Waals surface area contributed by atoms with Crippen LogP contribution in [0.15, 0.2) is 30.3 Å². The van der Waals surface area contributed by atoms with Crippen LogP contribution in [0.25, 0.3) is 0 Å². The maximum atomic E-state index is 12.0. The van der Waals surface area contributed by atoms with Crippen LogP contribution in [0.5, 0.6) is 0 Å². The van der Waals surface area contributed by atoms with Crippen LogP contribution in [0.4, 0.5) is 0 Å². The van der Waals surface area contributed by atoms with Crippen LogP contribution >= 0.6 is 0 Å². The second kappa shape index (κ2) is 6.54. The summed E-state index contributed by atoms with van der Waals surface area (Å²) in [4.78, 5) is 33.6. The van der Waals surface area contributed by atoms with E-state index in [-0.39, 0.29) is 19.7 Å². The van der Waals surface area contributed by atoms with Gasteiger partial charge in [-0.2, -0.15) is 0 Å². The maximum Gasteiger partial charge on any atom is 0.327 e. The number of esters is 1. The molecule has 0 saturated heterocycles. The third-order valence-corrected chi connectivity index (χ3v) is 2.51. The van der Waals surface area contributed by atoms with Gasteiger partial charge in [0, 0.05) is 0 Å². The lowest BCUT2D eigenvalue weighted by Gasteiger charge is -2.24. The smallest absolute Gasteiger partial charge is 0.327 e. The van der Waals surface area contributed by atoms with Crippen LogP contribution in [0.1, 0.15) is 12.5 Å². The van der Waals surface area contributed by atoms with Crippen LogP contribution in [0.3, 0.4) is 0 Å². The first kappa shape index (κ1) is 13.9. The topological polar surface area (TPSA) is 69.7 Å². The third-order valence-electron chi connectivity index (χ3n) is 2.51. The van der Waals surface area contributed by atoms with Crippen molar-refractivity contribution in [3.05, 3.63) is 35.9 Å². The van der Waals surface area contributed by atoms with E-state index >= 15 is 0 Å². The maximum absolute atomic E-state index is 12.0. The molecule has 0 aliphatic rings. The molecular weight excluding hydrogens is 236 g/mol. The standard InChI is InChI=1S/C13H14O5/c1-2-18-12(16)13(8-14,9-17-10-15)11-6-4-3-5-7-11/h3-8,10H,2,9H2,1H3/t13-/m0/s1. The summed E-state index contributed by atoms with van der Waals surface area (Å²) in [7, 11) is 0. The molecule has 0 aromatic heterocycles. The van der Waals surface area contributed by atoms with E-state index in [1.165, 1.54) is 0 Å². The molecule has 1 atom stereocenters. The zero-order valence-corrected chi connectivity index (χ0v) is 10.00. The molecule has 5 nitrogen and oxygen atoms in total. The molecule has 0 saturated carbocycles. The van der Waals surface area contributed by atoms with Crippen LogP contribution in [-0.2, 0) is 29.3 Å². The summed E-state index contributed by atoms with van der Waals surface area (Å²) >= 11 is 0. The van der Waals surface area contributed by atoms with Crippen molar-refractivity contribution in [2.24, 2.45) is 0 Å². The molecule has 1 aromatic rings. The highest BCUT2D eigenvalue weighted by molar-refractivity contribution is 6.00. The van der Waals surface area contributed by atoms with E-state index in [1.54, 1.807) is 37.3 Å². The van der Waals surface area contributed by atoms with Crippen LogP contribution in [-0.4, -0.2) is 31.9 Å². The van der Waals surface area contributed by atoms with Crippen molar-refractivity contribution >= 4 is 18.7 Å². The van der Waals surface area contributed by atoms with Crippen molar-refractivity contribution < 1.29 is 23.9 Å². The SMILES string of the molecule is CCOC(=O)[C@@](C=O)(COC=O)c1ccccc1. The summed E-state index contributed by atoms with van der Waals surface area (Å²) in [5.41, 5.74) is -1.17. The van der Waals surface area contributed by atoms with E-state index in [0.717, 1.165) is 0 Å². The summed E-state index contributed by atoms with van der Waals surface area (Å²) in [5, 5.41) is 0. The lowest BCUT2D eigenvalue weighted by atomic mass is 9.82. The highest BCUT2D eigenvalue weighted by Crippen LogP contribution is 2.24. The molecule has 18 heavy (non-hydrogen) atoms. The van der Waals surface area contributed by atoms with Gasteiger partial charge < -0.3 is 14.3 Å². The fraction of sp³-hybridized carbons (Fsp3) is 0.308. The molecule has 0 unspecified atom stereocenters. The van der Waals surface area contributed by atoms with E-state index in [1.807, 2.05) is 0 Å². The van der Waals surface area contributed by atoms with Gasteiger partial charge in [-0.05, 0) is 12.5 Å². The molecule has 0 heterocycles. The Bertz CT molecular complexity index is 415. The molecule has 0 aliphatic heterocycles. The second-order valence-electron chi connectivity index (χ2n) is 3.58. The van der Waals surface area contributed by atoms with Crippen molar-refractivity contribution in [3.63, 3.8) is 0 Å². The van der Waals surface area contributed by atoms with E-state index in [9.17, 15) is 14.4 Å². The van der Waals surface area contributed by atoms with E-state index < -0.39 is 11.4 Å². The molecule has 1 rings (SSSR count). The number of hydrogen-bond donors (Lipinski definition) is 0. The largest absolute Gasteiger partial charge is 0.466 e. The van der Waals surface area contributed by atoms with Gasteiger partial charge in [-0.15, -0.1) is 0 Å². The molecule has 0 spiro atoms. The number of hydrogen-bond acceptors (Lipinski definition) is 5. The van der Waals surface area contributed by atoms with Gasteiger partial charge in [-0.3, -0.25) is 9.59 Å². The second-order valence-corrected chi connectivity index (χ2v) is 3.58. The quantitative estimate of drug-likeness (QED) is 0.408. The van der Waals surface area contributed by atoms with Gasteiger partial charge in [0.15, 0.2) is 5.41 Å². The minimum Gasteiger partial charge on any atom is -0.466 e. The summed E-state index contributed by atoms with van der Waals surface area (Å²) in [6.45, 7) is 1.60. The predicted octanol–water partition coefficient (Wildman–Crippen LogP) is 0.859. The molecule has 96 valence electrons. The zero-order valence-electron chi connectivity index (χ0n) is 10.00. The van der Waals surface area contributed by atoms with Crippen molar-refractivity contribution in [1.82, 2.24) is 0 Å². The Kier molecular flexibility index (Phi) is 5.05. The monoisotopic (exact) mass is 250 g/mol. The molecule has 0 amide bonds. The van der Waals surface area contributed by atoms with Gasteiger partial charge in [0.25, 0.3) is 6.47 Å². The van der Waals surface area contributed by atoms with Crippen molar-refractivity contribution in [2.75, 3.05) is 13.2 Å². The van der Waals surface area contributed by atoms with Gasteiger partial charge in [0.05, 0.1) is 6.61 Å². The van der Waals surface area contributed by atoms with Crippen LogP contribution in [0.2, 0.25) is 0 Å². The number of benzene rings is 1. The Morgan fingerprint density at radius 2 is 1.94 bits per heavy atom. The number of rotatable bonds is 7. The first-order valence-corrected chi connectivity index (χ1v) is 5.45. The van der Waals surface area contributed by atoms with Gasteiger partial charge in [-0.25, -0.2) is 0 Å². The van der Waals surface area contributed by atoms with E-state index in [4.69, 9.17) is 4.74 Å². The van der Waals surface area contributed by atoms with Crippen LogP contribution < -0.4 is 0 Å². The highest BCUT2D eigenvalue weighted by atomic mass is 16.5.